The van der Waals surface area contributed by atoms with Gasteiger partial charge in [0, 0.05) is 36.4 Å². The van der Waals surface area contributed by atoms with E-state index in [1.165, 1.54) is 5.56 Å². The highest BCUT2D eigenvalue weighted by molar-refractivity contribution is 7.07. The summed E-state index contributed by atoms with van der Waals surface area (Å²) >= 11 is 1.63. The fraction of sp³-hybridized carbons (Fsp3) is 0.308. The van der Waals surface area contributed by atoms with Crippen molar-refractivity contribution in [2.45, 2.75) is 33.4 Å². The maximum Gasteiger partial charge on any atom is 0.203 e. The Labute approximate surface area is 203 Å². The van der Waals surface area contributed by atoms with Gasteiger partial charge in [0.25, 0.3) is 0 Å². The van der Waals surface area contributed by atoms with Crippen LogP contribution in [0.5, 0.6) is 17.2 Å². The van der Waals surface area contributed by atoms with E-state index in [9.17, 15) is 0 Å². The van der Waals surface area contributed by atoms with Gasteiger partial charge in [-0.25, -0.2) is 9.98 Å². The largest absolute Gasteiger partial charge is 0.493 e. The number of benzene rings is 2. The van der Waals surface area contributed by atoms with Crippen molar-refractivity contribution in [2.75, 3.05) is 21.3 Å². The van der Waals surface area contributed by atoms with Gasteiger partial charge in [-0.1, -0.05) is 12.1 Å². The molecule has 4 rings (SSSR count). The number of ether oxygens (including phenoxy) is 3. The zero-order valence-electron chi connectivity index (χ0n) is 20.2. The molecule has 2 aromatic heterocycles. The van der Waals surface area contributed by atoms with Crippen molar-refractivity contribution in [3.63, 3.8) is 0 Å². The van der Waals surface area contributed by atoms with Crippen LogP contribution in [-0.2, 0) is 13.1 Å². The second-order valence-electron chi connectivity index (χ2n) is 8.02. The van der Waals surface area contributed by atoms with E-state index in [0.717, 1.165) is 46.8 Å². The summed E-state index contributed by atoms with van der Waals surface area (Å²) in [5.74, 6) is 1.83. The van der Waals surface area contributed by atoms with Crippen LogP contribution in [-0.4, -0.2) is 35.4 Å². The summed E-state index contributed by atoms with van der Waals surface area (Å²) in [6.45, 7) is 5.86. The molecule has 0 radical (unpaired) electrons. The van der Waals surface area contributed by atoms with Crippen LogP contribution >= 0.6 is 11.3 Å². The minimum atomic E-state index is 0.580. The van der Waals surface area contributed by atoms with Crippen LogP contribution in [0.4, 0.5) is 5.69 Å². The van der Waals surface area contributed by atoms with Crippen molar-refractivity contribution in [1.82, 2.24) is 14.1 Å². The summed E-state index contributed by atoms with van der Waals surface area (Å²) < 4.78 is 21.1. The molecule has 0 unspecified atom stereocenters. The molecule has 0 spiro atoms. The molecule has 34 heavy (non-hydrogen) atoms. The molecule has 178 valence electrons. The molecule has 0 N–H and O–H groups in total. The lowest BCUT2D eigenvalue weighted by Crippen LogP contribution is -2.17. The van der Waals surface area contributed by atoms with Crippen LogP contribution < -0.4 is 19.0 Å². The molecule has 8 heteroatoms. The van der Waals surface area contributed by atoms with Crippen molar-refractivity contribution < 1.29 is 14.2 Å². The minimum absolute atomic E-state index is 0.580. The first-order chi connectivity index (χ1) is 16.5. The van der Waals surface area contributed by atoms with Gasteiger partial charge in [-0.05, 0) is 49.6 Å². The topological polar surface area (TPSA) is 62.8 Å². The number of thiazole rings is 1. The molecule has 0 bridgehead atoms. The van der Waals surface area contributed by atoms with Gasteiger partial charge >= 0.3 is 0 Å². The third kappa shape index (κ3) is 5.02. The van der Waals surface area contributed by atoms with E-state index in [1.54, 1.807) is 38.9 Å². The molecule has 2 heterocycles. The predicted octanol–water partition coefficient (Wildman–Crippen LogP) is 5.38. The molecular formula is C26H30N4O3S. The fourth-order valence-corrected chi connectivity index (χ4v) is 4.82. The van der Waals surface area contributed by atoms with E-state index < -0.39 is 0 Å². The summed E-state index contributed by atoms with van der Waals surface area (Å²) in [4.78, 5) is 10.2. The summed E-state index contributed by atoms with van der Waals surface area (Å²) in [5, 5.41) is 2.14. The van der Waals surface area contributed by atoms with Crippen molar-refractivity contribution in [2.24, 2.45) is 4.99 Å². The number of nitrogens with zero attached hydrogens (tertiary/aromatic N) is 4. The fourth-order valence-electron chi connectivity index (χ4n) is 3.87. The van der Waals surface area contributed by atoms with Gasteiger partial charge in [0.05, 0.1) is 39.0 Å². The van der Waals surface area contributed by atoms with E-state index in [2.05, 4.69) is 51.5 Å². The quantitative estimate of drug-likeness (QED) is 0.324. The van der Waals surface area contributed by atoms with E-state index in [-0.39, 0.29) is 0 Å². The molecular weight excluding hydrogens is 448 g/mol. The van der Waals surface area contributed by atoms with Crippen molar-refractivity contribution in [3.05, 3.63) is 70.4 Å². The maximum absolute atomic E-state index is 5.60. The Balaban J connectivity index is 1.81. The number of methoxy groups -OCH3 is 3. The summed E-state index contributed by atoms with van der Waals surface area (Å²) in [5.41, 5.74) is 5.37. The van der Waals surface area contributed by atoms with Crippen molar-refractivity contribution in [3.8, 4) is 28.5 Å². The van der Waals surface area contributed by atoms with Crippen LogP contribution in [0.3, 0.4) is 0 Å². The first-order valence-corrected chi connectivity index (χ1v) is 12.0. The first kappa shape index (κ1) is 23.6. The molecule has 0 amide bonds. The lowest BCUT2D eigenvalue weighted by Gasteiger charge is -2.15. The standard InChI is InChI=1S/C26H30N4O3S/c1-18-7-8-19(2)21(13-18)28-26-30(11-6-10-29-12-9-27-17-29)22(16-34-26)20-14-23(31-3)25(33-5)24(15-20)32-4/h7-9,12-17H,6,10-11H2,1-5H3. The van der Waals surface area contributed by atoms with Gasteiger partial charge in [-0.15, -0.1) is 11.3 Å². The van der Waals surface area contributed by atoms with Gasteiger partial charge in [-0.3, -0.25) is 0 Å². The summed E-state index contributed by atoms with van der Waals surface area (Å²) in [7, 11) is 4.88. The second-order valence-corrected chi connectivity index (χ2v) is 8.86. The first-order valence-electron chi connectivity index (χ1n) is 11.1. The summed E-state index contributed by atoms with van der Waals surface area (Å²) in [6.07, 6.45) is 6.57. The van der Waals surface area contributed by atoms with Crippen molar-refractivity contribution in [1.29, 1.82) is 0 Å². The van der Waals surface area contributed by atoms with Crippen LogP contribution in [0.1, 0.15) is 17.5 Å². The van der Waals surface area contributed by atoms with Crippen LogP contribution in [0.15, 0.2) is 59.4 Å². The Bertz CT molecular complexity index is 1300. The number of hydrogen-bond acceptors (Lipinski definition) is 6. The molecule has 2 aromatic carbocycles. The molecule has 0 atom stereocenters. The second kappa shape index (κ2) is 10.6. The highest BCUT2D eigenvalue weighted by atomic mass is 32.1. The number of aromatic nitrogens is 3. The maximum atomic E-state index is 5.60. The zero-order valence-corrected chi connectivity index (χ0v) is 21.1. The Morgan fingerprint density at radius 3 is 2.38 bits per heavy atom. The van der Waals surface area contributed by atoms with Crippen molar-refractivity contribution >= 4 is 17.0 Å². The lowest BCUT2D eigenvalue weighted by atomic mass is 10.1. The molecule has 0 aliphatic rings. The van der Waals surface area contributed by atoms with Crippen LogP contribution in [0.25, 0.3) is 11.3 Å². The molecule has 4 aromatic rings. The highest BCUT2D eigenvalue weighted by Crippen LogP contribution is 2.41. The van der Waals surface area contributed by atoms with E-state index in [4.69, 9.17) is 19.2 Å². The Hall–Kier alpha value is -3.52. The SMILES string of the molecule is COc1cc(-c2csc(=Nc3cc(C)ccc3C)n2CCCn2ccnc2)cc(OC)c1OC. The van der Waals surface area contributed by atoms with Gasteiger partial charge in [0.1, 0.15) is 0 Å². The van der Waals surface area contributed by atoms with Gasteiger partial charge in [-0.2, -0.15) is 0 Å². The predicted molar refractivity (Wildman–Crippen MR) is 135 cm³/mol. The normalized spacial score (nSPS) is 11.6. The minimum Gasteiger partial charge on any atom is -0.493 e. The van der Waals surface area contributed by atoms with Gasteiger partial charge in [0.15, 0.2) is 16.3 Å². The molecule has 7 nitrogen and oxygen atoms in total. The number of imidazole rings is 1. The van der Waals surface area contributed by atoms with Crippen LogP contribution in [0.2, 0.25) is 0 Å². The zero-order chi connectivity index (χ0) is 24.1. The number of rotatable bonds is 9. The monoisotopic (exact) mass is 478 g/mol. The molecule has 0 saturated carbocycles. The van der Waals surface area contributed by atoms with Gasteiger partial charge < -0.3 is 23.3 Å². The lowest BCUT2D eigenvalue weighted by molar-refractivity contribution is 0.324. The van der Waals surface area contributed by atoms with Gasteiger partial charge in [0.2, 0.25) is 5.75 Å². The molecule has 0 aliphatic heterocycles. The average molecular weight is 479 g/mol. The van der Waals surface area contributed by atoms with E-state index in [0.29, 0.717) is 17.2 Å². The summed E-state index contributed by atoms with van der Waals surface area (Å²) in [6, 6.07) is 10.3. The Morgan fingerprint density at radius 2 is 1.74 bits per heavy atom. The number of aryl methyl sites for hydroxylation is 3. The smallest absolute Gasteiger partial charge is 0.203 e. The molecule has 0 fully saturated rings. The molecule has 0 aliphatic carbocycles. The average Bonchev–Trinajstić information content (AvgIpc) is 3.51. The number of hydrogen-bond donors (Lipinski definition) is 0. The Morgan fingerprint density at radius 1 is 0.971 bits per heavy atom. The van der Waals surface area contributed by atoms with E-state index in [1.807, 2.05) is 24.7 Å². The molecule has 0 saturated heterocycles. The Kier molecular flexibility index (Phi) is 7.37. The van der Waals surface area contributed by atoms with Crippen LogP contribution in [0, 0.1) is 13.8 Å². The third-order valence-corrected chi connectivity index (χ3v) is 6.56. The highest BCUT2D eigenvalue weighted by Gasteiger charge is 2.17. The third-order valence-electron chi connectivity index (χ3n) is 5.70. The van der Waals surface area contributed by atoms with E-state index >= 15 is 0 Å².